The second-order valence-corrected chi connectivity index (χ2v) is 13.2. The van der Waals surface area contributed by atoms with E-state index >= 15 is 0 Å². The van der Waals surface area contributed by atoms with E-state index in [1.165, 1.54) is 22.3 Å². The number of aryl methyl sites for hydroxylation is 3. The van der Waals surface area contributed by atoms with Crippen molar-refractivity contribution < 1.29 is 28.9 Å². The molecule has 9 aromatic rings. The number of hydrogen-bond donors (Lipinski definition) is 0. The maximum Gasteiger partial charge on any atom is 0.147 e. The molecule has 5 aromatic carbocycles. The molecule has 0 aliphatic rings. The van der Waals surface area contributed by atoms with Gasteiger partial charge in [0.05, 0.1) is 5.39 Å². The van der Waals surface area contributed by atoms with E-state index in [1.807, 2.05) is 67.0 Å². The van der Waals surface area contributed by atoms with Gasteiger partial charge in [0.25, 0.3) is 0 Å². The van der Waals surface area contributed by atoms with Crippen LogP contribution in [0, 0.1) is 32.9 Å². The summed E-state index contributed by atoms with van der Waals surface area (Å²) in [5.41, 5.74) is 14.6. The van der Waals surface area contributed by atoms with Crippen LogP contribution in [0.4, 0.5) is 0 Å². The number of rotatable bonds is 4. The minimum absolute atomic E-state index is 0. The average molecular weight is 841 g/mol. The molecular weight excluding hydrogens is 805 g/mol. The largest absolute Gasteiger partial charge is 0.456 e. The third-order valence-corrected chi connectivity index (χ3v) is 9.41. The smallest absolute Gasteiger partial charge is 0.147 e. The standard InChI is InChI=1S/C32H22NO2.C14H14N.Ir/c1-19(2)27-28(21-16-17-33-24(18-21)20-10-4-3-5-11-20)29-22-12-6-8-14-25(22)35-32(29)30-23-13-7-9-15-26(23)34-31(27)30;1-10-4-6-13(7-5-10)14-8-11(2)12(3)9-15-14;/h3-10,12-19H,1-2H3;4-6,8-9H,1-3H3;/q2*-1;. The van der Waals surface area contributed by atoms with E-state index in [0.29, 0.717) is 0 Å². The molecule has 0 aliphatic heterocycles. The van der Waals surface area contributed by atoms with Crippen molar-refractivity contribution in [3.63, 3.8) is 0 Å². The van der Waals surface area contributed by atoms with E-state index < -0.39 is 0 Å². The first kappa shape index (κ1) is 34.1. The monoisotopic (exact) mass is 841 g/mol. The van der Waals surface area contributed by atoms with Gasteiger partial charge in [0.1, 0.15) is 22.3 Å². The fourth-order valence-corrected chi connectivity index (χ4v) is 6.75. The minimum Gasteiger partial charge on any atom is -0.456 e. The third-order valence-electron chi connectivity index (χ3n) is 9.41. The van der Waals surface area contributed by atoms with Crippen LogP contribution in [0.1, 0.15) is 42.0 Å². The van der Waals surface area contributed by atoms with Crippen molar-refractivity contribution in [2.45, 2.75) is 40.5 Å². The topological polar surface area (TPSA) is 52.1 Å². The van der Waals surface area contributed by atoms with Crippen LogP contribution in [-0.4, -0.2) is 9.97 Å². The third kappa shape index (κ3) is 6.29. The van der Waals surface area contributed by atoms with Crippen molar-refractivity contribution in [3.05, 3.63) is 156 Å². The fourth-order valence-electron chi connectivity index (χ4n) is 6.75. The molecule has 253 valence electrons. The van der Waals surface area contributed by atoms with Gasteiger partial charge in [0.2, 0.25) is 0 Å². The molecule has 0 aliphatic carbocycles. The number of para-hydroxylation sites is 2. The van der Waals surface area contributed by atoms with Crippen molar-refractivity contribution in [2.75, 3.05) is 0 Å². The summed E-state index contributed by atoms with van der Waals surface area (Å²) in [7, 11) is 0. The van der Waals surface area contributed by atoms with Crippen LogP contribution < -0.4 is 0 Å². The molecule has 0 saturated heterocycles. The summed E-state index contributed by atoms with van der Waals surface area (Å²) in [5.74, 6) is 0.228. The number of benzene rings is 5. The molecular formula is C46H36IrN2O2-2. The predicted molar refractivity (Wildman–Crippen MR) is 205 cm³/mol. The zero-order valence-corrected chi connectivity index (χ0v) is 31.6. The van der Waals surface area contributed by atoms with Gasteiger partial charge in [-0.1, -0.05) is 74.9 Å². The summed E-state index contributed by atoms with van der Waals surface area (Å²) in [6.45, 7) is 10.7. The SMILES string of the molecule is CC(C)c1c(-c2ccnc(-c3[c-]cccc3)c2)c2c3ccccc3oc2c2c1oc1ccccc12.Cc1c[c-]c(-c2cc(C)c(C)cn2)cc1.[Ir]. The molecule has 5 heteroatoms. The summed E-state index contributed by atoms with van der Waals surface area (Å²) >= 11 is 0. The molecule has 4 aromatic heterocycles. The Kier molecular flexibility index (Phi) is 9.44. The van der Waals surface area contributed by atoms with Gasteiger partial charge in [-0.2, -0.15) is 0 Å². The van der Waals surface area contributed by atoms with E-state index in [1.54, 1.807) is 0 Å². The molecule has 0 atom stereocenters. The Bertz CT molecular complexity index is 2650. The quantitative estimate of drug-likeness (QED) is 0.166. The Morgan fingerprint density at radius 1 is 0.627 bits per heavy atom. The van der Waals surface area contributed by atoms with E-state index in [9.17, 15) is 0 Å². The summed E-state index contributed by atoms with van der Waals surface area (Å²) in [5, 5.41) is 4.35. The number of nitrogens with zero attached hydrogens (tertiary/aromatic N) is 2. The summed E-state index contributed by atoms with van der Waals surface area (Å²) in [6.07, 6.45) is 3.80. The number of fused-ring (bicyclic) bond motifs is 7. The van der Waals surface area contributed by atoms with E-state index in [4.69, 9.17) is 8.83 Å². The van der Waals surface area contributed by atoms with Gasteiger partial charge < -0.3 is 18.8 Å². The number of hydrogen-bond acceptors (Lipinski definition) is 4. The normalized spacial score (nSPS) is 11.3. The van der Waals surface area contributed by atoms with Crippen molar-refractivity contribution >= 4 is 43.9 Å². The van der Waals surface area contributed by atoms with Crippen LogP contribution in [0.15, 0.2) is 130 Å². The summed E-state index contributed by atoms with van der Waals surface area (Å²) in [6, 6.07) is 43.5. The second-order valence-electron chi connectivity index (χ2n) is 13.2. The molecule has 0 fully saturated rings. The molecule has 0 bridgehead atoms. The van der Waals surface area contributed by atoms with Gasteiger partial charge in [-0.05, 0) is 66.0 Å². The van der Waals surface area contributed by atoms with Crippen LogP contribution in [0.3, 0.4) is 0 Å². The van der Waals surface area contributed by atoms with Crippen LogP contribution in [0.25, 0.3) is 77.5 Å². The second kappa shape index (κ2) is 14.1. The first-order valence-corrected chi connectivity index (χ1v) is 17.0. The van der Waals surface area contributed by atoms with Crippen LogP contribution >= 0.6 is 0 Å². The molecule has 51 heavy (non-hydrogen) atoms. The minimum atomic E-state index is 0. The Morgan fingerprint density at radius 2 is 1.29 bits per heavy atom. The Morgan fingerprint density at radius 3 is 1.96 bits per heavy atom. The maximum absolute atomic E-state index is 6.56. The van der Waals surface area contributed by atoms with Crippen molar-refractivity contribution in [1.82, 2.24) is 9.97 Å². The molecule has 4 heterocycles. The van der Waals surface area contributed by atoms with Gasteiger partial charge in [-0.3, -0.25) is 0 Å². The average Bonchev–Trinajstić information content (AvgIpc) is 3.72. The van der Waals surface area contributed by atoms with Gasteiger partial charge in [0, 0.05) is 54.2 Å². The number of pyridine rings is 2. The molecule has 0 saturated carbocycles. The Balaban J connectivity index is 0.000000214. The Labute approximate surface area is 311 Å². The van der Waals surface area contributed by atoms with Crippen LogP contribution in [-0.2, 0) is 20.1 Å². The van der Waals surface area contributed by atoms with Crippen LogP contribution in [0.5, 0.6) is 0 Å². The maximum atomic E-state index is 6.56. The first-order chi connectivity index (χ1) is 24.4. The van der Waals surface area contributed by atoms with Crippen molar-refractivity contribution in [1.29, 1.82) is 0 Å². The predicted octanol–water partition coefficient (Wildman–Crippen LogP) is 12.6. The van der Waals surface area contributed by atoms with E-state index in [2.05, 4.69) is 111 Å². The number of furan rings is 2. The summed E-state index contributed by atoms with van der Waals surface area (Å²) < 4.78 is 13.1. The van der Waals surface area contributed by atoms with Crippen molar-refractivity contribution in [3.8, 4) is 33.6 Å². The van der Waals surface area contributed by atoms with Gasteiger partial charge in [-0.15, -0.1) is 71.3 Å². The fraction of sp³-hybridized carbons (Fsp3) is 0.130. The molecule has 0 amide bonds. The van der Waals surface area contributed by atoms with E-state index in [0.717, 1.165) is 77.5 Å². The van der Waals surface area contributed by atoms with Gasteiger partial charge in [-0.25, -0.2) is 0 Å². The molecule has 0 spiro atoms. The van der Waals surface area contributed by atoms with Gasteiger partial charge >= 0.3 is 0 Å². The molecule has 1 radical (unpaired) electrons. The molecule has 0 unspecified atom stereocenters. The Hall–Kier alpha value is -5.35. The zero-order valence-electron chi connectivity index (χ0n) is 29.2. The van der Waals surface area contributed by atoms with Crippen LogP contribution in [0.2, 0.25) is 0 Å². The number of aromatic nitrogens is 2. The molecule has 0 N–H and O–H groups in total. The van der Waals surface area contributed by atoms with Crippen molar-refractivity contribution in [2.24, 2.45) is 0 Å². The zero-order chi connectivity index (χ0) is 34.4. The van der Waals surface area contributed by atoms with Gasteiger partial charge in [0.15, 0.2) is 0 Å². The first-order valence-electron chi connectivity index (χ1n) is 17.0. The summed E-state index contributed by atoms with van der Waals surface area (Å²) in [4.78, 5) is 9.07. The molecule has 4 nitrogen and oxygen atoms in total. The van der Waals surface area contributed by atoms with E-state index in [-0.39, 0.29) is 26.0 Å². The molecule has 9 rings (SSSR count).